The average molecular weight is 436 g/mol. The molecule has 0 unspecified atom stereocenters. The summed E-state index contributed by atoms with van der Waals surface area (Å²) in [6, 6.07) is 18.8. The van der Waals surface area contributed by atoms with E-state index in [2.05, 4.69) is 36.9 Å². The van der Waals surface area contributed by atoms with Crippen molar-refractivity contribution in [3.63, 3.8) is 0 Å². The molecule has 0 heterocycles. The van der Waals surface area contributed by atoms with Crippen LogP contribution in [0.5, 0.6) is 5.75 Å². The fraction of sp³-hybridized carbons (Fsp3) is 0.296. The number of anilines is 1. The summed E-state index contributed by atoms with van der Waals surface area (Å²) < 4.78 is 18.8. The summed E-state index contributed by atoms with van der Waals surface area (Å²) >= 11 is 0. The van der Waals surface area contributed by atoms with Crippen molar-refractivity contribution < 1.29 is 19.0 Å². The van der Waals surface area contributed by atoms with E-state index in [-0.39, 0.29) is 12.4 Å². The van der Waals surface area contributed by atoms with Crippen molar-refractivity contribution in [1.29, 1.82) is 0 Å². The summed E-state index contributed by atoms with van der Waals surface area (Å²) in [5.74, 6) is -0.639. The third-order valence-corrected chi connectivity index (χ3v) is 5.55. The molecule has 0 atom stereocenters. The van der Waals surface area contributed by atoms with Crippen molar-refractivity contribution in [1.82, 2.24) is 0 Å². The number of halogens is 1. The summed E-state index contributed by atoms with van der Waals surface area (Å²) in [5, 5.41) is 8.84. The number of aryl methyl sites for hydroxylation is 1. The van der Waals surface area contributed by atoms with Gasteiger partial charge >= 0.3 is 5.97 Å². The van der Waals surface area contributed by atoms with Crippen LogP contribution in [-0.2, 0) is 11.3 Å². The van der Waals surface area contributed by atoms with Gasteiger partial charge in [-0.3, -0.25) is 0 Å². The molecule has 3 aromatic rings. The molecule has 1 N–H and O–H groups in total. The molecule has 0 bridgehead atoms. The van der Waals surface area contributed by atoms with Gasteiger partial charge in [0.1, 0.15) is 11.6 Å². The van der Waals surface area contributed by atoms with Gasteiger partial charge in [-0.05, 0) is 72.4 Å². The summed E-state index contributed by atoms with van der Waals surface area (Å²) in [7, 11) is 0. The van der Waals surface area contributed by atoms with Crippen molar-refractivity contribution in [2.75, 3.05) is 18.1 Å². The first-order valence-electron chi connectivity index (χ1n) is 10.9. The van der Waals surface area contributed by atoms with Gasteiger partial charge in [-0.15, -0.1) is 0 Å². The van der Waals surface area contributed by atoms with E-state index in [1.54, 1.807) is 0 Å². The molecular formula is C27H30FNO3. The maximum Gasteiger partial charge on any atom is 0.341 e. The average Bonchev–Trinajstić information content (AvgIpc) is 2.77. The van der Waals surface area contributed by atoms with Crippen molar-refractivity contribution in [2.45, 2.75) is 40.2 Å². The SMILES string of the molecule is CCCCN(Cc1ccc(OCC(=O)O)c(C)c1)c1cccc(-c2ccc(F)cc2)c1C. The van der Waals surface area contributed by atoms with Crippen LogP contribution in [0, 0.1) is 19.7 Å². The second kappa shape index (κ2) is 10.8. The molecule has 5 heteroatoms. The van der Waals surface area contributed by atoms with Crippen LogP contribution in [-0.4, -0.2) is 24.2 Å². The Labute approximate surface area is 189 Å². The van der Waals surface area contributed by atoms with Gasteiger partial charge in [-0.1, -0.05) is 49.7 Å². The molecule has 0 saturated heterocycles. The van der Waals surface area contributed by atoms with E-state index < -0.39 is 5.97 Å². The summed E-state index contributed by atoms with van der Waals surface area (Å²) in [4.78, 5) is 13.2. The molecule has 3 aromatic carbocycles. The second-order valence-corrected chi connectivity index (χ2v) is 8.01. The van der Waals surface area contributed by atoms with Gasteiger partial charge < -0.3 is 14.7 Å². The molecule has 0 aliphatic heterocycles. The zero-order valence-corrected chi connectivity index (χ0v) is 18.9. The summed E-state index contributed by atoms with van der Waals surface area (Å²) in [6.07, 6.45) is 2.16. The number of ether oxygens (including phenoxy) is 1. The van der Waals surface area contributed by atoms with E-state index in [1.165, 1.54) is 12.1 Å². The fourth-order valence-corrected chi connectivity index (χ4v) is 3.87. The first kappa shape index (κ1) is 23.3. The predicted octanol–water partition coefficient (Wildman–Crippen LogP) is 6.38. The Balaban J connectivity index is 1.88. The molecule has 0 aliphatic carbocycles. The van der Waals surface area contributed by atoms with Crippen LogP contribution < -0.4 is 9.64 Å². The van der Waals surface area contributed by atoms with Crippen LogP contribution in [0.1, 0.15) is 36.5 Å². The molecule has 0 radical (unpaired) electrons. The minimum atomic E-state index is -0.990. The number of aliphatic carboxylic acids is 1. The van der Waals surface area contributed by atoms with Gasteiger partial charge in [-0.2, -0.15) is 0 Å². The number of benzene rings is 3. The predicted molar refractivity (Wildman–Crippen MR) is 127 cm³/mol. The number of carbonyl (C=O) groups is 1. The number of hydrogen-bond acceptors (Lipinski definition) is 3. The molecule has 0 spiro atoms. The molecule has 3 rings (SSSR count). The highest BCUT2D eigenvalue weighted by Crippen LogP contribution is 2.32. The van der Waals surface area contributed by atoms with Crippen LogP contribution in [0.4, 0.5) is 10.1 Å². The lowest BCUT2D eigenvalue weighted by Crippen LogP contribution is -2.25. The lowest BCUT2D eigenvalue weighted by molar-refractivity contribution is -0.139. The van der Waals surface area contributed by atoms with E-state index in [0.717, 1.165) is 59.4 Å². The zero-order valence-electron chi connectivity index (χ0n) is 18.9. The number of hydrogen-bond donors (Lipinski definition) is 1. The topological polar surface area (TPSA) is 49.8 Å². The molecule has 4 nitrogen and oxygen atoms in total. The highest BCUT2D eigenvalue weighted by Gasteiger charge is 2.14. The van der Waals surface area contributed by atoms with E-state index in [4.69, 9.17) is 9.84 Å². The van der Waals surface area contributed by atoms with E-state index in [9.17, 15) is 9.18 Å². The van der Waals surface area contributed by atoms with Gasteiger partial charge in [0.2, 0.25) is 0 Å². The number of carboxylic acids is 1. The second-order valence-electron chi connectivity index (χ2n) is 8.01. The van der Waals surface area contributed by atoms with Crippen LogP contribution >= 0.6 is 0 Å². The normalized spacial score (nSPS) is 10.8. The molecule has 0 aromatic heterocycles. The minimum Gasteiger partial charge on any atom is -0.482 e. The summed E-state index contributed by atoms with van der Waals surface area (Å²) in [6.45, 7) is 7.52. The van der Waals surface area contributed by atoms with Gasteiger partial charge in [0.15, 0.2) is 6.61 Å². The largest absolute Gasteiger partial charge is 0.482 e. The Morgan fingerprint density at radius 1 is 1.06 bits per heavy atom. The Hall–Kier alpha value is -3.34. The molecule has 168 valence electrons. The molecule has 0 fully saturated rings. The Morgan fingerprint density at radius 3 is 2.47 bits per heavy atom. The van der Waals surface area contributed by atoms with Crippen LogP contribution in [0.25, 0.3) is 11.1 Å². The molecular weight excluding hydrogens is 405 g/mol. The highest BCUT2D eigenvalue weighted by atomic mass is 19.1. The Morgan fingerprint density at radius 2 is 1.81 bits per heavy atom. The van der Waals surface area contributed by atoms with Gasteiger partial charge in [0.25, 0.3) is 0 Å². The monoisotopic (exact) mass is 435 g/mol. The quantitative estimate of drug-likeness (QED) is 0.401. The number of rotatable bonds is 10. The Bertz CT molecular complexity index is 1060. The maximum absolute atomic E-state index is 13.4. The molecule has 0 aliphatic rings. The smallest absolute Gasteiger partial charge is 0.341 e. The molecule has 32 heavy (non-hydrogen) atoms. The third-order valence-electron chi connectivity index (χ3n) is 5.55. The molecule has 0 amide bonds. The van der Waals surface area contributed by atoms with Gasteiger partial charge in [0, 0.05) is 18.8 Å². The Kier molecular flexibility index (Phi) is 7.87. The van der Waals surface area contributed by atoms with E-state index in [0.29, 0.717) is 5.75 Å². The van der Waals surface area contributed by atoms with Gasteiger partial charge in [-0.25, -0.2) is 9.18 Å². The van der Waals surface area contributed by atoms with Crippen molar-refractivity contribution in [2.24, 2.45) is 0 Å². The lowest BCUT2D eigenvalue weighted by atomic mass is 9.98. The first-order chi connectivity index (χ1) is 15.4. The van der Waals surface area contributed by atoms with Crippen molar-refractivity contribution >= 4 is 11.7 Å². The van der Waals surface area contributed by atoms with Crippen LogP contribution in [0.2, 0.25) is 0 Å². The van der Waals surface area contributed by atoms with Crippen LogP contribution in [0.15, 0.2) is 60.7 Å². The van der Waals surface area contributed by atoms with E-state index in [1.807, 2.05) is 37.3 Å². The number of unbranched alkanes of at least 4 members (excludes halogenated alkanes) is 1. The van der Waals surface area contributed by atoms with Crippen molar-refractivity contribution in [3.8, 4) is 16.9 Å². The van der Waals surface area contributed by atoms with Crippen molar-refractivity contribution in [3.05, 3.63) is 83.2 Å². The fourth-order valence-electron chi connectivity index (χ4n) is 3.87. The number of nitrogens with zero attached hydrogens (tertiary/aromatic N) is 1. The maximum atomic E-state index is 13.4. The minimum absolute atomic E-state index is 0.238. The molecule has 0 saturated carbocycles. The third kappa shape index (κ3) is 5.88. The number of carboxylic acid groups (broad SMARTS) is 1. The standard InChI is InChI=1S/C27H30FNO3/c1-4-5-15-29(17-21-9-14-26(19(2)16-21)32-18-27(30)31)25-8-6-7-24(20(25)3)22-10-12-23(28)13-11-22/h6-14,16H,4-5,15,17-18H2,1-3H3,(H,30,31). The van der Waals surface area contributed by atoms with Gasteiger partial charge in [0.05, 0.1) is 0 Å². The lowest BCUT2D eigenvalue weighted by Gasteiger charge is -2.28. The first-order valence-corrected chi connectivity index (χ1v) is 10.9. The zero-order chi connectivity index (χ0) is 23.1. The highest BCUT2D eigenvalue weighted by molar-refractivity contribution is 5.74. The van der Waals surface area contributed by atoms with Crippen LogP contribution in [0.3, 0.4) is 0 Å². The van der Waals surface area contributed by atoms with E-state index >= 15 is 0 Å². The summed E-state index contributed by atoms with van der Waals surface area (Å²) in [5.41, 5.74) is 6.45.